The van der Waals surface area contributed by atoms with Gasteiger partial charge in [0.05, 0.1) is 17.7 Å². The van der Waals surface area contributed by atoms with E-state index >= 15 is 0 Å². The van der Waals surface area contributed by atoms with Gasteiger partial charge in [0.1, 0.15) is 12.0 Å². The van der Waals surface area contributed by atoms with Gasteiger partial charge in [-0.3, -0.25) is 4.79 Å². The Morgan fingerprint density at radius 3 is 2.65 bits per heavy atom. The largest absolute Gasteiger partial charge is 0.467 e. The SMILES string of the molecule is COC1(C)CC(N(C)C(=O)c2coc(CN)c2)C1(C)C. The van der Waals surface area contributed by atoms with Crippen LogP contribution in [0.1, 0.15) is 43.3 Å². The highest BCUT2D eigenvalue weighted by Gasteiger charge is 2.59. The number of furan rings is 1. The van der Waals surface area contributed by atoms with E-state index < -0.39 is 0 Å². The van der Waals surface area contributed by atoms with E-state index in [1.165, 1.54) is 6.26 Å². The lowest BCUT2D eigenvalue weighted by Gasteiger charge is -2.61. The maximum Gasteiger partial charge on any atom is 0.257 e. The topological polar surface area (TPSA) is 68.7 Å². The summed E-state index contributed by atoms with van der Waals surface area (Å²) in [5.41, 5.74) is 5.77. The third kappa shape index (κ3) is 2.05. The van der Waals surface area contributed by atoms with Crippen molar-refractivity contribution < 1.29 is 13.9 Å². The Kier molecular flexibility index (Phi) is 3.69. The molecule has 1 aliphatic rings. The van der Waals surface area contributed by atoms with Crippen LogP contribution in [-0.2, 0) is 11.3 Å². The highest BCUT2D eigenvalue weighted by atomic mass is 16.5. The summed E-state index contributed by atoms with van der Waals surface area (Å²) >= 11 is 0. The van der Waals surface area contributed by atoms with Gasteiger partial charge in [0.15, 0.2) is 0 Å². The molecule has 1 heterocycles. The molecule has 1 aromatic heterocycles. The van der Waals surface area contributed by atoms with Gasteiger partial charge in [-0.15, -0.1) is 0 Å². The molecule has 5 heteroatoms. The van der Waals surface area contributed by atoms with Gasteiger partial charge in [0.2, 0.25) is 0 Å². The molecule has 5 nitrogen and oxygen atoms in total. The van der Waals surface area contributed by atoms with Gasteiger partial charge in [0, 0.05) is 25.6 Å². The fourth-order valence-electron chi connectivity index (χ4n) is 3.02. The minimum Gasteiger partial charge on any atom is -0.467 e. The number of nitrogens with two attached hydrogens (primary N) is 1. The second-order valence-corrected chi connectivity index (χ2v) is 6.30. The van der Waals surface area contributed by atoms with Gasteiger partial charge in [-0.05, 0) is 19.4 Å². The number of carbonyl (C=O) groups excluding carboxylic acids is 1. The number of methoxy groups -OCH3 is 1. The van der Waals surface area contributed by atoms with Gasteiger partial charge < -0.3 is 19.8 Å². The van der Waals surface area contributed by atoms with Crippen molar-refractivity contribution in [3.63, 3.8) is 0 Å². The van der Waals surface area contributed by atoms with Gasteiger partial charge >= 0.3 is 0 Å². The van der Waals surface area contributed by atoms with E-state index in [-0.39, 0.29) is 23.0 Å². The zero-order valence-corrected chi connectivity index (χ0v) is 12.9. The van der Waals surface area contributed by atoms with Gasteiger partial charge in [-0.1, -0.05) is 13.8 Å². The van der Waals surface area contributed by atoms with Crippen LogP contribution in [0.3, 0.4) is 0 Å². The van der Waals surface area contributed by atoms with Crippen molar-refractivity contribution in [2.24, 2.45) is 11.1 Å². The van der Waals surface area contributed by atoms with E-state index in [1.807, 2.05) is 7.05 Å². The molecule has 2 atom stereocenters. The molecule has 0 spiro atoms. The molecule has 1 amide bonds. The fraction of sp³-hybridized carbons (Fsp3) is 0.667. The summed E-state index contributed by atoms with van der Waals surface area (Å²) in [7, 11) is 3.56. The fourth-order valence-corrected chi connectivity index (χ4v) is 3.02. The molecule has 1 aromatic rings. The highest BCUT2D eigenvalue weighted by Crippen LogP contribution is 2.53. The molecular weight excluding hydrogens is 256 g/mol. The summed E-state index contributed by atoms with van der Waals surface area (Å²) in [6, 6.07) is 1.86. The maximum atomic E-state index is 12.5. The monoisotopic (exact) mass is 280 g/mol. The summed E-state index contributed by atoms with van der Waals surface area (Å²) in [4.78, 5) is 14.3. The Hall–Kier alpha value is -1.33. The second-order valence-electron chi connectivity index (χ2n) is 6.30. The highest BCUT2D eigenvalue weighted by molar-refractivity contribution is 5.94. The number of amides is 1. The molecule has 0 aliphatic heterocycles. The summed E-state index contributed by atoms with van der Waals surface area (Å²) in [5.74, 6) is 0.584. The standard InChI is InChI=1S/C15H24N2O3/c1-14(2)12(7-15(14,3)19-5)17(4)13(18)10-6-11(8-16)20-9-10/h6,9,12H,7-8,16H2,1-5H3. The van der Waals surface area contributed by atoms with E-state index in [0.29, 0.717) is 17.9 Å². The molecule has 2 rings (SSSR count). The van der Waals surface area contributed by atoms with Crippen molar-refractivity contribution in [2.45, 2.75) is 45.4 Å². The lowest BCUT2D eigenvalue weighted by atomic mass is 9.55. The van der Waals surface area contributed by atoms with Gasteiger partial charge in [-0.25, -0.2) is 0 Å². The van der Waals surface area contributed by atoms with Crippen LogP contribution in [0.15, 0.2) is 16.7 Å². The zero-order chi connectivity index (χ0) is 15.1. The smallest absolute Gasteiger partial charge is 0.257 e. The summed E-state index contributed by atoms with van der Waals surface area (Å²) in [5, 5.41) is 0. The van der Waals surface area contributed by atoms with Crippen LogP contribution >= 0.6 is 0 Å². The number of hydrogen-bond acceptors (Lipinski definition) is 4. The minimum atomic E-state index is -0.189. The molecule has 0 aromatic carbocycles. The summed E-state index contributed by atoms with van der Waals surface area (Å²) in [6.45, 7) is 6.66. The van der Waals surface area contributed by atoms with E-state index in [0.717, 1.165) is 6.42 Å². The summed E-state index contributed by atoms with van der Waals surface area (Å²) < 4.78 is 10.8. The Balaban J connectivity index is 2.13. The van der Waals surface area contributed by atoms with Crippen molar-refractivity contribution in [1.82, 2.24) is 4.90 Å². The lowest BCUT2D eigenvalue weighted by molar-refractivity contribution is -0.198. The molecule has 1 saturated carbocycles. The maximum absolute atomic E-state index is 12.5. The van der Waals surface area contributed by atoms with E-state index in [4.69, 9.17) is 14.9 Å². The van der Waals surface area contributed by atoms with E-state index in [9.17, 15) is 4.79 Å². The first-order valence-electron chi connectivity index (χ1n) is 6.86. The Morgan fingerprint density at radius 1 is 1.55 bits per heavy atom. The van der Waals surface area contributed by atoms with Crippen molar-refractivity contribution in [1.29, 1.82) is 0 Å². The third-order valence-electron chi connectivity index (χ3n) is 5.12. The molecular formula is C15H24N2O3. The molecule has 1 fully saturated rings. The van der Waals surface area contributed by atoms with Crippen LogP contribution in [0.5, 0.6) is 0 Å². The van der Waals surface area contributed by atoms with Crippen LogP contribution < -0.4 is 5.73 Å². The minimum absolute atomic E-state index is 0.0373. The molecule has 0 radical (unpaired) electrons. The first kappa shape index (κ1) is 15.1. The Morgan fingerprint density at radius 2 is 2.20 bits per heavy atom. The number of carbonyl (C=O) groups is 1. The van der Waals surface area contributed by atoms with E-state index in [2.05, 4.69) is 20.8 Å². The van der Waals surface area contributed by atoms with Crippen molar-refractivity contribution in [2.75, 3.05) is 14.2 Å². The van der Waals surface area contributed by atoms with Crippen molar-refractivity contribution in [3.8, 4) is 0 Å². The average molecular weight is 280 g/mol. The van der Waals surface area contributed by atoms with Crippen molar-refractivity contribution >= 4 is 5.91 Å². The van der Waals surface area contributed by atoms with Crippen molar-refractivity contribution in [3.05, 3.63) is 23.7 Å². The normalized spacial score (nSPS) is 28.0. The van der Waals surface area contributed by atoms with Crippen LogP contribution in [0.4, 0.5) is 0 Å². The number of ether oxygens (including phenoxy) is 1. The number of rotatable bonds is 4. The Bertz CT molecular complexity index is 509. The predicted molar refractivity (Wildman–Crippen MR) is 76.3 cm³/mol. The molecule has 0 saturated heterocycles. The number of hydrogen-bond donors (Lipinski definition) is 1. The first-order valence-corrected chi connectivity index (χ1v) is 6.86. The molecule has 2 N–H and O–H groups in total. The average Bonchev–Trinajstić information content (AvgIpc) is 2.91. The summed E-state index contributed by atoms with van der Waals surface area (Å²) in [6.07, 6.45) is 2.31. The molecule has 112 valence electrons. The van der Waals surface area contributed by atoms with Crippen LogP contribution in [0.25, 0.3) is 0 Å². The molecule has 2 unspecified atom stereocenters. The Labute approximate surface area is 120 Å². The van der Waals surface area contributed by atoms with Crippen LogP contribution in [0, 0.1) is 5.41 Å². The van der Waals surface area contributed by atoms with Crippen LogP contribution in [-0.4, -0.2) is 36.6 Å². The molecule has 20 heavy (non-hydrogen) atoms. The number of nitrogens with zero attached hydrogens (tertiary/aromatic N) is 1. The zero-order valence-electron chi connectivity index (χ0n) is 12.9. The first-order chi connectivity index (χ1) is 9.26. The predicted octanol–water partition coefficient (Wildman–Crippen LogP) is 2.01. The molecule has 0 bridgehead atoms. The van der Waals surface area contributed by atoms with E-state index in [1.54, 1.807) is 18.1 Å². The molecule has 1 aliphatic carbocycles. The second kappa shape index (κ2) is 4.90. The quantitative estimate of drug-likeness (QED) is 0.916. The van der Waals surface area contributed by atoms with Gasteiger partial charge in [-0.2, -0.15) is 0 Å². The van der Waals surface area contributed by atoms with Crippen LogP contribution in [0.2, 0.25) is 0 Å². The van der Waals surface area contributed by atoms with Gasteiger partial charge in [0.25, 0.3) is 5.91 Å². The lowest BCUT2D eigenvalue weighted by Crippen LogP contribution is -2.68. The third-order valence-corrected chi connectivity index (χ3v) is 5.12.